The maximum Gasteiger partial charge on any atom is 0.253 e. The average Bonchev–Trinajstić information content (AvgIpc) is 2.61. The fraction of sp³-hybridized carbons (Fsp3) is 0.632. The van der Waals surface area contributed by atoms with Crippen LogP contribution in [-0.2, 0) is 10.0 Å². The molecule has 26 heavy (non-hydrogen) atoms. The highest BCUT2D eigenvalue weighted by molar-refractivity contribution is 7.89. The van der Waals surface area contributed by atoms with Gasteiger partial charge in [-0.2, -0.15) is 0 Å². The lowest BCUT2D eigenvalue weighted by molar-refractivity contribution is 0.0623. The van der Waals surface area contributed by atoms with Crippen LogP contribution in [0, 0.1) is 5.92 Å². The van der Waals surface area contributed by atoms with Crippen LogP contribution in [0.5, 0.6) is 0 Å². The van der Waals surface area contributed by atoms with Crippen LogP contribution in [0.25, 0.3) is 0 Å². The molecule has 146 valence electrons. The summed E-state index contributed by atoms with van der Waals surface area (Å²) in [6.45, 7) is 12.4. The summed E-state index contributed by atoms with van der Waals surface area (Å²) in [7, 11) is -3.54. The molecule has 0 radical (unpaired) electrons. The van der Waals surface area contributed by atoms with Crippen molar-refractivity contribution in [1.82, 2.24) is 14.5 Å². The summed E-state index contributed by atoms with van der Waals surface area (Å²) in [4.78, 5) is 17.1. The molecular formula is C19H31N3O3S. The highest BCUT2D eigenvalue weighted by Crippen LogP contribution is 2.15. The fourth-order valence-corrected chi connectivity index (χ4v) is 4.35. The van der Waals surface area contributed by atoms with Gasteiger partial charge in [0.1, 0.15) is 0 Å². The van der Waals surface area contributed by atoms with Crippen molar-refractivity contribution < 1.29 is 13.2 Å². The van der Waals surface area contributed by atoms with Crippen LogP contribution in [0.15, 0.2) is 29.2 Å². The zero-order chi connectivity index (χ0) is 19.3. The van der Waals surface area contributed by atoms with Gasteiger partial charge in [0.2, 0.25) is 10.0 Å². The van der Waals surface area contributed by atoms with E-state index in [9.17, 15) is 13.2 Å². The van der Waals surface area contributed by atoms with Crippen molar-refractivity contribution in [3.63, 3.8) is 0 Å². The van der Waals surface area contributed by atoms with Crippen LogP contribution < -0.4 is 4.72 Å². The second kappa shape index (κ2) is 8.97. The first-order chi connectivity index (χ1) is 12.2. The van der Waals surface area contributed by atoms with E-state index in [2.05, 4.69) is 23.5 Å². The van der Waals surface area contributed by atoms with Crippen molar-refractivity contribution in [3.05, 3.63) is 29.8 Å². The second-order valence-corrected chi connectivity index (χ2v) is 9.16. The Morgan fingerprint density at radius 1 is 1.08 bits per heavy atom. The molecule has 0 bridgehead atoms. The summed E-state index contributed by atoms with van der Waals surface area (Å²) in [6, 6.07) is 6.10. The maximum atomic E-state index is 12.7. The molecule has 1 N–H and O–H groups in total. The van der Waals surface area contributed by atoms with Gasteiger partial charge in [-0.1, -0.05) is 20.8 Å². The summed E-state index contributed by atoms with van der Waals surface area (Å²) in [6.07, 6.45) is 0.721. The molecule has 1 aromatic carbocycles. The first-order valence-electron chi connectivity index (χ1n) is 9.37. The number of amides is 1. The number of nitrogens with zero attached hydrogens (tertiary/aromatic N) is 2. The number of piperazine rings is 1. The Kier molecular flexibility index (Phi) is 7.20. The summed E-state index contributed by atoms with van der Waals surface area (Å²) in [5.41, 5.74) is 0.532. The van der Waals surface area contributed by atoms with Crippen LogP contribution in [-0.4, -0.2) is 62.9 Å². The van der Waals surface area contributed by atoms with E-state index in [1.54, 1.807) is 12.1 Å². The number of hydrogen-bond donors (Lipinski definition) is 1. The van der Waals surface area contributed by atoms with Crippen molar-refractivity contribution in [2.45, 2.75) is 45.1 Å². The lowest BCUT2D eigenvalue weighted by Gasteiger charge is -2.35. The standard InChI is InChI=1S/C19H31N3O3S/c1-5-16(4)20-26(24,25)18-8-6-17(7-9-18)19(23)22-12-10-21(11-13-22)14-15(2)3/h6-9,15-16,20H,5,10-14H2,1-4H3. The number of hydrogen-bond acceptors (Lipinski definition) is 4. The molecule has 7 heteroatoms. The van der Waals surface area contributed by atoms with Gasteiger partial charge in [0.15, 0.2) is 0 Å². The Morgan fingerprint density at radius 2 is 1.65 bits per heavy atom. The van der Waals surface area contributed by atoms with Crippen molar-refractivity contribution in [3.8, 4) is 0 Å². The van der Waals surface area contributed by atoms with E-state index in [-0.39, 0.29) is 16.8 Å². The van der Waals surface area contributed by atoms with Crippen LogP contribution in [0.1, 0.15) is 44.5 Å². The average molecular weight is 382 g/mol. The molecule has 1 heterocycles. The number of carbonyl (C=O) groups is 1. The van der Waals surface area contributed by atoms with Crippen LogP contribution >= 0.6 is 0 Å². The van der Waals surface area contributed by atoms with Crippen molar-refractivity contribution in [1.29, 1.82) is 0 Å². The van der Waals surface area contributed by atoms with Gasteiger partial charge < -0.3 is 4.90 Å². The van der Waals surface area contributed by atoms with E-state index in [1.165, 1.54) is 12.1 Å². The topological polar surface area (TPSA) is 69.7 Å². The summed E-state index contributed by atoms with van der Waals surface area (Å²) in [5, 5.41) is 0. The molecule has 0 saturated carbocycles. The molecule has 1 aromatic rings. The zero-order valence-corrected chi connectivity index (χ0v) is 17.1. The molecule has 1 fully saturated rings. The maximum absolute atomic E-state index is 12.7. The van der Waals surface area contributed by atoms with Crippen LogP contribution in [0.4, 0.5) is 0 Å². The number of rotatable bonds is 7. The van der Waals surface area contributed by atoms with E-state index in [1.807, 2.05) is 18.7 Å². The predicted molar refractivity (Wildman–Crippen MR) is 104 cm³/mol. The van der Waals surface area contributed by atoms with Crippen LogP contribution in [0.2, 0.25) is 0 Å². The Balaban J connectivity index is 1.99. The summed E-state index contributed by atoms with van der Waals surface area (Å²) < 4.78 is 27.2. The fourth-order valence-electron chi connectivity index (χ4n) is 3.03. The van der Waals surface area contributed by atoms with Gasteiger partial charge in [-0.05, 0) is 43.5 Å². The smallest absolute Gasteiger partial charge is 0.253 e. The van der Waals surface area contributed by atoms with Crippen molar-refractivity contribution >= 4 is 15.9 Å². The number of carbonyl (C=O) groups excluding carboxylic acids is 1. The second-order valence-electron chi connectivity index (χ2n) is 7.44. The molecular weight excluding hydrogens is 350 g/mol. The molecule has 1 amide bonds. The van der Waals surface area contributed by atoms with Gasteiger partial charge in [0.25, 0.3) is 5.91 Å². The highest BCUT2D eigenvalue weighted by atomic mass is 32.2. The molecule has 1 atom stereocenters. The molecule has 0 spiro atoms. The molecule has 6 nitrogen and oxygen atoms in total. The third-order valence-corrected chi connectivity index (χ3v) is 6.27. The van der Waals surface area contributed by atoms with Gasteiger partial charge in [0, 0.05) is 44.3 Å². The Hall–Kier alpha value is -1.44. The van der Waals surface area contributed by atoms with E-state index in [0.29, 0.717) is 24.6 Å². The SMILES string of the molecule is CCC(C)NS(=O)(=O)c1ccc(C(=O)N2CCN(CC(C)C)CC2)cc1. The van der Waals surface area contributed by atoms with Gasteiger partial charge in [-0.15, -0.1) is 0 Å². The normalized spacial score (nSPS) is 17.5. The monoisotopic (exact) mass is 381 g/mol. The van der Waals surface area contributed by atoms with E-state index in [0.717, 1.165) is 26.1 Å². The molecule has 1 aliphatic rings. The zero-order valence-electron chi connectivity index (χ0n) is 16.2. The molecule has 1 unspecified atom stereocenters. The minimum Gasteiger partial charge on any atom is -0.336 e. The number of sulfonamides is 1. The quantitative estimate of drug-likeness (QED) is 0.786. The van der Waals surface area contributed by atoms with Crippen LogP contribution in [0.3, 0.4) is 0 Å². The van der Waals surface area contributed by atoms with Gasteiger partial charge in [-0.3, -0.25) is 9.69 Å². The van der Waals surface area contributed by atoms with E-state index in [4.69, 9.17) is 0 Å². The predicted octanol–water partition coefficient (Wildman–Crippen LogP) is 2.18. The van der Waals surface area contributed by atoms with Crippen molar-refractivity contribution in [2.24, 2.45) is 5.92 Å². The minimum absolute atomic E-state index is 0.0342. The lowest BCUT2D eigenvalue weighted by atomic mass is 10.1. The van der Waals surface area contributed by atoms with E-state index >= 15 is 0 Å². The Labute approximate surface area is 157 Å². The number of nitrogens with one attached hydrogen (secondary N) is 1. The minimum atomic E-state index is -3.54. The first kappa shape index (κ1) is 20.9. The van der Waals surface area contributed by atoms with Gasteiger partial charge >= 0.3 is 0 Å². The third-order valence-electron chi connectivity index (χ3n) is 4.66. The molecule has 0 aromatic heterocycles. The molecule has 2 rings (SSSR count). The third kappa shape index (κ3) is 5.53. The van der Waals surface area contributed by atoms with Gasteiger partial charge in [0.05, 0.1) is 4.90 Å². The largest absolute Gasteiger partial charge is 0.336 e. The Bertz CT molecular complexity index is 693. The van der Waals surface area contributed by atoms with Crippen molar-refractivity contribution in [2.75, 3.05) is 32.7 Å². The highest BCUT2D eigenvalue weighted by Gasteiger charge is 2.23. The summed E-state index contributed by atoms with van der Waals surface area (Å²) >= 11 is 0. The molecule has 0 aliphatic carbocycles. The van der Waals surface area contributed by atoms with E-state index < -0.39 is 10.0 Å². The van der Waals surface area contributed by atoms with Gasteiger partial charge in [-0.25, -0.2) is 13.1 Å². The lowest BCUT2D eigenvalue weighted by Crippen LogP contribution is -2.49. The summed E-state index contributed by atoms with van der Waals surface area (Å²) in [5.74, 6) is 0.587. The first-order valence-corrected chi connectivity index (χ1v) is 10.8. The molecule has 1 aliphatic heterocycles. The Morgan fingerprint density at radius 3 is 2.15 bits per heavy atom. The molecule has 1 saturated heterocycles. The number of benzene rings is 1.